The number of aromatic nitrogens is 2. The quantitative estimate of drug-likeness (QED) is 0.574. The molecule has 1 saturated heterocycles. The van der Waals surface area contributed by atoms with E-state index in [1.165, 1.54) is 31.7 Å². The largest absolute Gasteiger partial charge is 0.370 e. The van der Waals surface area contributed by atoms with Crippen molar-refractivity contribution in [2.75, 3.05) is 23.3 Å². The van der Waals surface area contributed by atoms with Gasteiger partial charge in [-0.15, -0.1) is 0 Å². The van der Waals surface area contributed by atoms with E-state index in [1.807, 2.05) is 12.1 Å². The van der Waals surface area contributed by atoms with Crippen LogP contribution in [0.15, 0.2) is 36.5 Å². The number of carbonyl (C=O) groups excluding carboxylic acids is 1. The number of piperidine rings is 1. The smallest absolute Gasteiger partial charge is 0.255 e. The van der Waals surface area contributed by atoms with Crippen molar-refractivity contribution in [1.82, 2.24) is 15.3 Å². The fourth-order valence-electron chi connectivity index (χ4n) is 5.04. The normalized spacial score (nSPS) is 17.6. The Kier molecular flexibility index (Phi) is 4.92. The van der Waals surface area contributed by atoms with Crippen molar-refractivity contribution in [1.29, 1.82) is 5.26 Å². The van der Waals surface area contributed by atoms with E-state index in [0.717, 1.165) is 30.9 Å². The number of carbonyl (C=O) groups is 1. The van der Waals surface area contributed by atoms with Crippen molar-refractivity contribution in [2.24, 2.45) is 5.41 Å². The zero-order chi connectivity index (χ0) is 24.2. The molecule has 1 aliphatic carbocycles. The van der Waals surface area contributed by atoms with Gasteiger partial charge in [0.25, 0.3) is 5.91 Å². The lowest BCUT2D eigenvalue weighted by atomic mass is 9.93. The highest BCUT2D eigenvalue weighted by Gasteiger charge is 2.44. The number of hydrogen-bond acceptors (Lipinski definition) is 6. The predicted octanol–water partition coefficient (Wildman–Crippen LogP) is 4.66. The zero-order valence-corrected chi connectivity index (χ0v) is 18.9. The van der Waals surface area contributed by atoms with Crippen molar-refractivity contribution in [2.45, 2.75) is 32.2 Å². The highest BCUT2D eigenvalue weighted by molar-refractivity contribution is 6.04. The fraction of sp³-hybridized carbons (Fsp3) is 0.308. The highest BCUT2D eigenvalue weighted by atomic mass is 19.1. The average molecular weight is 472 g/mol. The number of nitriles is 1. The molecule has 0 unspecified atom stereocenters. The van der Waals surface area contributed by atoms with Crippen LogP contribution < -0.4 is 15.5 Å². The lowest BCUT2D eigenvalue weighted by Gasteiger charge is -2.33. The van der Waals surface area contributed by atoms with Gasteiger partial charge in [-0.2, -0.15) is 5.26 Å². The first-order valence-electron chi connectivity index (χ1n) is 11.6. The van der Waals surface area contributed by atoms with Crippen LogP contribution >= 0.6 is 0 Å². The van der Waals surface area contributed by atoms with Gasteiger partial charge in [-0.25, -0.2) is 18.7 Å². The van der Waals surface area contributed by atoms with Crippen LogP contribution in [-0.4, -0.2) is 29.0 Å². The minimum absolute atomic E-state index is 0.0289. The second-order valence-corrected chi connectivity index (χ2v) is 9.50. The number of nitrogens with zero attached hydrogens (tertiary/aromatic N) is 4. The summed E-state index contributed by atoms with van der Waals surface area (Å²) in [5, 5.41) is 14.8. The molecule has 3 aliphatic rings. The minimum Gasteiger partial charge on any atom is -0.370 e. The third-order valence-electron chi connectivity index (χ3n) is 7.32. The van der Waals surface area contributed by atoms with Gasteiger partial charge < -0.3 is 15.5 Å². The third kappa shape index (κ3) is 3.85. The van der Waals surface area contributed by atoms with Gasteiger partial charge in [0, 0.05) is 13.1 Å². The molecule has 1 amide bonds. The first-order valence-corrected chi connectivity index (χ1v) is 11.6. The predicted molar refractivity (Wildman–Crippen MR) is 126 cm³/mol. The molecule has 2 aromatic heterocycles. The number of amides is 1. The molecular weight excluding hydrogens is 450 g/mol. The van der Waals surface area contributed by atoms with Crippen molar-refractivity contribution >= 4 is 23.1 Å². The summed E-state index contributed by atoms with van der Waals surface area (Å²) >= 11 is 0. The number of fused-ring (bicyclic) bond motifs is 1. The van der Waals surface area contributed by atoms with Crippen LogP contribution in [0.5, 0.6) is 0 Å². The van der Waals surface area contributed by atoms with Gasteiger partial charge >= 0.3 is 0 Å². The van der Waals surface area contributed by atoms with E-state index < -0.39 is 11.6 Å². The summed E-state index contributed by atoms with van der Waals surface area (Å²) in [6.45, 7) is 2.20. The first-order chi connectivity index (χ1) is 16.9. The van der Waals surface area contributed by atoms with Gasteiger partial charge in [0.2, 0.25) is 0 Å². The Hall–Kier alpha value is -4.06. The summed E-state index contributed by atoms with van der Waals surface area (Å²) in [7, 11) is 0. The number of benzene rings is 1. The lowest BCUT2D eigenvalue weighted by molar-refractivity contribution is 0.0966. The summed E-state index contributed by atoms with van der Waals surface area (Å²) in [6.07, 6.45) is 6.94. The second kappa shape index (κ2) is 8.01. The summed E-state index contributed by atoms with van der Waals surface area (Å²) < 4.78 is 29.4. The van der Waals surface area contributed by atoms with E-state index in [0.29, 0.717) is 28.2 Å². The van der Waals surface area contributed by atoms with Crippen LogP contribution in [-0.2, 0) is 6.54 Å². The SMILES string of the molecule is N#Cc1cc(F)c(-c2cc(Nc3ccc(N4CCC5(CC4)CC5)cn3)c3c(n2)CNC3=O)c(F)c1. The Morgan fingerprint density at radius 2 is 1.80 bits per heavy atom. The molecule has 0 bridgehead atoms. The molecule has 7 nitrogen and oxygen atoms in total. The van der Waals surface area contributed by atoms with E-state index in [9.17, 15) is 13.6 Å². The van der Waals surface area contributed by atoms with E-state index in [4.69, 9.17) is 5.26 Å². The Bertz CT molecular complexity index is 1360. The van der Waals surface area contributed by atoms with Gasteiger partial charge in [0.1, 0.15) is 17.5 Å². The zero-order valence-electron chi connectivity index (χ0n) is 18.9. The van der Waals surface area contributed by atoms with Gasteiger partial charge in [-0.1, -0.05) is 0 Å². The van der Waals surface area contributed by atoms with Crippen molar-refractivity contribution in [3.05, 3.63) is 65.0 Å². The van der Waals surface area contributed by atoms with Crippen molar-refractivity contribution in [3.63, 3.8) is 0 Å². The molecule has 4 heterocycles. The summed E-state index contributed by atoms with van der Waals surface area (Å²) in [5.41, 5.74) is 2.27. The van der Waals surface area contributed by atoms with E-state index in [2.05, 4.69) is 25.5 Å². The third-order valence-corrected chi connectivity index (χ3v) is 7.32. The van der Waals surface area contributed by atoms with E-state index >= 15 is 0 Å². The van der Waals surface area contributed by atoms with E-state index in [1.54, 1.807) is 12.3 Å². The Labute approximate surface area is 200 Å². The van der Waals surface area contributed by atoms with Crippen LogP contribution in [0.1, 0.15) is 47.3 Å². The maximum atomic E-state index is 14.7. The molecular formula is C26H22F2N6O. The van der Waals surface area contributed by atoms with E-state index in [-0.39, 0.29) is 29.3 Å². The molecule has 6 rings (SSSR count). The molecule has 1 aromatic carbocycles. The number of rotatable bonds is 4. The van der Waals surface area contributed by atoms with Crippen LogP contribution in [0.3, 0.4) is 0 Å². The summed E-state index contributed by atoms with van der Waals surface area (Å²) in [6, 6.07) is 8.93. The van der Waals surface area contributed by atoms with Gasteiger partial charge in [0.05, 0.1) is 58.3 Å². The molecule has 0 atom stereocenters. The maximum Gasteiger partial charge on any atom is 0.255 e. The Morgan fingerprint density at radius 3 is 2.43 bits per heavy atom. The van der Waals surface area contributed by atoms with Gasteiger partial charge in [0.15, 0.2) is 0 Å². The van der Waals surface area contributed by atoms with Gasteiger partial charge in [-0.05, 0) is 61.4 Å². The topological polar surface area (TPSA) is 93.9 Å². The van der Waals surface area contributed by atoms with Crippen molar-refractivity contribution < 1.29 is 13.6 Å². The summed E-state index contributed by atoms with van der Waals surface area (Å²) in [4.78, 5) is 23.7. The second-order valence-electron chi connectivity index (χ2n) is 9.50. The molecule has 1 spiro atoms. The standard InChI is InChI=1S/C26H22F2N6O/c27-17-9-15(12-29)10-18(28)23(17)19-11-20(24-21(32-19)14-31-25(24)35)33-22-2-1-16(13-30-22)34-7-5-26(3-4-26)6-8-34/h1-2,9-11,13H,3-8,14H2,(H,31,35)(H,30,32,33). The van der Waals surface area contributed by atoms with Gasteiger partial charge in [-0.3, -0.25) is 4.79 Å². The highest BCUT2D eigenvalue weighted by Crippen LogP contribution is 2.53. The number of halogens is 2. The molecule has 0 radical (unpaired) electrons. The Balaban J connectivity index is 1.31. The monoisotopic (exact) mass is 472 g/mol. The van der Waals surface area contributed by atoms with Crippen LogP contribution in [0, 0.1) is 28.4 Å². The molecule has 2 aliphatic heterocycles. The average Bonchev–Trinajstić information content (AvgIpc) is 3.50. The molecule has 3 aromatic rings. The van der Waals surface area contributed by atoms with Crippen LogP contribution in [0.2, 0.25) is 0 Å². The molecule has 2 N–H and O–H groups in total. The first kappa shape index (κ1) is 21.5. The molecule has 1 saturated carbocycles. The molecule has 35 heavy (non-hydrogen) atoms. The van der Waals surface area contributed by atoms with Crippen LogP contribution in [0.4, 0.5) is 26.0 Å². The molecule has 176 valence electrons. The lowest BCUT2D eigenvalue weighted by Crippen LogP contribution is -2.34. The minimum atomic E-state index is -0.894. The summed E-state index contributed by atoms with van der Waals surface area (Å²) in [5.74, 6) is -1.60. The van der Waals surface area contributed by atoms with Crippen LogP contribution in [0.25, 0.3) is 11.3 Å². The Morgan fingerprint density at radius 1 is 1.06 bits per heavy atom. The number of hydrogen-bond donors (Lipinski definition) is 2. The van der Waals surface area contributed by atoms with Crippen molar-refractivity contribution in [3.8, 4) is 17.3 Å². The molecule has 2 fully saturated rings. The fourth-order valence-corrected chi connectivity index (χ4v) is 5.04. The number of pyridine rings is 2. The molecule has 9 heteroatoms. The number of anilines is 3. The maximum absolute atomic E-state index is 14.7. The number of nitrogens with one attached hydrogen (secondary N) is 2.